The van der Waals surface area contributed by atoms with E-state index in [-0.39, 0.29) is 10.8 Å². The molecule has 0 heterocycles. The molecule has 1 N–H and O–H groups in total. The van der Waals surface area contributed by atoms with Gasteiger partial charge >= 0.3 is 0 Å². The molecule has 0 aliphatic heterocycles. The molecule has 0 amide bonds. The van der Waals surface area contributed by atoms with E-state index in [0.717, 1.165) is 0 Å². The van der Waals surface area contributed by atoms with E-state index in [0.29, 0.717) is 17.8 Å². The molecule has 0 aliphatic rings. The zero-order valence-electron chi connectivity index (χ0n) is 18.4. The average Bonchev–Trinajstić information content (AvgIpc) is 2.57. The van der Waals surface area contributed by atoms with Gasteiger partial charge in [0.15, 0.2) is 0 Å². The molecule has 0 saturated heterocycles. The highest BCUT2D eigenvalue weighted by Gasteiger charge is 2.39. The van der Waals surface area contributed by atoms with Crippen LogP contribution in [0.15, 0.2) is 37.1 Å². The fraction of sp³-hybridized carbons (Fsp3) is 0.750. The summed E-state index contributed by atoms with van der Waals surface area (Å²) in [5.41, 5.74) is 0.347. The Morgan fingerprint density at radius 3 is 2.20 bits per heavy atom. The van der Waals surface area contributed by atoms with Gasteiger partial charge < -0.3 is 5.32 Å². The van der Waals surface area contributed by atoms with Crippen LogP contribution in [0.2, 0.25) is 0 Å². The van der Waals surface area contributed by atoms with E-state index in [1.54, 1.807) is 0 Å². The second-order valence-electron chi connectivity index (χ2n) is 8.80. The minimum atomic E-state index is 0.146. The molecule has 0 aliphatic carbocycles. The van der Waals surface area contributed by atoms with Gasteiger partial charge in [-0.1, -0.05) is 79.2 Å². The van der Waals surface area contributed by atoms with Crippen LogP contribution in [0.25, 0.3) is 0 Å². The average molecular weight is 348 g/mol. The maximum absolute atomic E-state index is 4.06. The number of rotatable bonds is 13. The number of hydrogen-bond acceptors (Lipinski definition) is 1. The minimum absolute atomic E-state index is 0.146. The van der Waals surface area contributed by atoms with Crippen molar-refractivity contribution < 1.29 is 0 Å². The molecule has 0 aromatic rings. The Hall–Kier alpha value is -0.980. The van der Waals surface area contributed by atoms with E-state index < -0.39 is 0 Å². The van der Waals surface area contributed by atoms with Gasteiger partial charge in [0.1, 0.15) is 0 Å². The van der Waals surface area contributed by atoms with Crippen LogP contribution in [0.3, 0.4) is 0 Å². The summed E-state index contributed by atoms with van der Waals surface area (Å²) in [4.78, 5) is 0. The van der Waals surface area contributed by atoms with E-state index >= 15 is 0 Å². The van der Waals surface area contributed by atoms with Gasteiger partial charge in [0, 0.05) is 7.05 Å². The first-order valence-electron chi connectivity index (χ1n) is 10.3. The smallest absolute Gasteiger partial charge is 0.00276 e. The summed E-state index contributed by atoms with van der Waals surface area (Å²) in [7, 11) is 1.97. The normalized spacial score (nSPS) is 17.8. The van der Waals surface area contributed by atoms with E-state index in [1.807, 2.05) is 7.05 Å². The number of hydrogen-bond donors (Lipinski definition) is 1. The molecular weight excluding hydrogens is 302 g/mol. The lowest BCUT2D eigenvalue weighted by molar-refractivity contribution is 0.106. The van der Waals surface area contributed by atoms with Crippen molar-refractivity contribution >= 4 is 0 Å². The van der Waals surface area contributed by atoms with Gasteiger partial charge in [-0.3, -0.25) is 0 Å². The van der Waals surface area contributed by atoms with Gasteiger partial charge in [0.05, 0.1) is 0 Å². The Kier molecular flexibility index (Phi) is 11.1. The molecule has 0 spiro atoms. The lowest BCUT2D eigenvalue weighted by atomic mass is 9.60. The van der Waals surface area contributed by atoms with Gasteiger partial charge in [0.2, 0.25) is 0 Å². The van der Waals surface area contributed by atoms with E-state index in [2.05, 4.69) is 90.9 Å². The molecule has 0 saturated carbocycles. The largest absolute Gasteiger partial charge is 0.394 e. The van der Waals surface area contributed by atoms with E-state index in [9.17, 15) is 0 Å². The molecule has 2 unspecified atom stereocenters. The maximum Gasteiger partial charge on any atom is 0.00276 e. The van der Waals surface area contributed by atoms with Crippen LogP contribution >= 0.6 is 0 Å². The number of allylic oxidation sites excluding steroid dienone is 4. The number of nitrogens with one attached hydrogen (secondary N) is 1. The molecule has 0 fully saturated rings. The Balaban J connectivity index is 4.79. The fourth-order valence-corrected chi connectivity index (χ4v) is 3.59. The molecule has 0 rings (SSSR count). The highest BCUT2D eigenvalue weighted by Crippen LogP contribution is 2.46. The van der Waals surface area contributed by atoms with Crippen molar-refractivity contribution in [2.75, 3.05) is 7.05 Å². The second kappa shape index (κ2) is 11.6. The lowest BCUT2D eigenvalue weighted by Gasteiger charge is -2.44. The Labute approximate surface area is 159 Å². The summed E-state index contributed by atoms with van der Waals surface area (Å²) in [6.45, 7) is 20.4. The summed E-state index contributed by atoms with van der Waals surface area (Å²) in [5, 5.41) is 3.12. The van der Waals surface area contributed by atoms with E-state index in [4.69, 9.17) is 0 Å². The van der Waals surface area contributed by atoms with Crippen molar-refractivity contribution in [1.82, 2.24) is 5.32 Å². The highest BCUT2D eigenvalue weighted by atomic mass is 14.8. The molecule has 0 radical (unpaired) electrons. The van der Waals surface area contributed by atoms with Crippen molar-refractivity contribution in [1.29, 1.82) is 0 Å². The number of unbranched alkanes of at least 4 members (excludes halogenated alkanes) is 1. The van der Waals surface area contributed by atoms with Crippen molar-refractivity contribution in [3.8, 4) is 0 Å². The minimum Gasteiger partial charge on any atom is -0.394 e. The molecule has 146 valence electrons. The monoisotopic (exact) mass is 347 g/mol. The summed E-state index contributed by atoms with van der Waals surface area (Å²) in [6, 6.07) is 0. The third-order valence-electron chi connectivity index (χ3n) is 6.44. The molecule has 0 aromatic heterocycles. The molecular formula is C24H45N. The van der Waals surface area contributed by atoms with Crippen molar-refractivity contribution in [3.05, 3.63) is 37.1 Å². The lowest BCUT2D eigenvalue weighted by Crippen LogP contribution is -2.37. The summed E-state index contributed by atoms with van der Waals surface area (Å²) in [5.74, 6) is 1.88. The zero-order chi connectivity index (χ0) is 19.5. The summed E-state index contributed by atoms with van der Waals surface area (Å²) >= 11 is 0. The van der Waals surface area contributed by atoms with Gasteiger partial charge in [-0.15, -0.1) is 6.58 Å². The third kappa shape index (κ3) is 7.84. The Morgan fingerprint density at radius 1 is 1.08 bits per heavy atom. The van der Waals surface area contributed by atoms with Gasteiger partial charge in [-0.2, -0.15) is 0 Å². The van der Waals surface area contributed by atoms with Crippen LogP contribution in [-0.4, -0.2) is 7.05 Å². The van der Waals surface area contributed by atoms with Crippen molar-refractivity contribution in [2.24, 2.45) is 28.6 Å². The zero-order valence-corrected chi connectivity index (χ0v) is 18.4. The predicted octanol–water partition coefficient (Wildman–Crippen LogP) is 7.37. The third-order valence-corrected chi connectivity index (χ3v) is 6.44. The molecule has 1 heteroatoms. The van der Waals surface area contributed by atoms with Crippen molar-refractivity contribution in [3.63, 3.8) is 0 Å². The van der Waals surface area contributed by atoms with Crippen molar-refractivity contribution in [2.45, 2.75) is 80.6 Å². The fourth-order valence-electron chi connectivity index (χ4n) is 3.59. The topological polar surface area (TPSA) is 12.0 Å². The quantitative estimate of drug-likeness (QED) is 0.271. The Morgan fingerprint density at radius 2 is 1.72 bits per heavy atom. The van der Waals surface area contributed by atoms with Crippen LogP contribution in [0, 0.1) is 28.6 Å². The van der Waals surface area contributed by atoms with Gasteiger partial charge in [0.25, 0.3) is 0 Å². The summed E-state index contributed by atoms with van der Waals surface area (Å²) < 4.78 is 0. The van der Waals surface area contributed by atoms with Crippen LogP contribution in [0.5, 0.6) is 0 Å². The summed E-state index contributed by atoms with van der Waals surface area (Å²) in [6.07, 6.45) is 17.7. The first kappa shape index (κ1) is 24.0. The van der Waals surface area contributed by atoms with Gasteiger partial charge in [-0.05, 0) is 60.5 Å². The van der Waals surface area contributed by atoms with Crippen LogP contribution < -0.4 is 5.32 Å². The predicted molar refractivity (Wildman–Crippen MR) is 116 cm³/mol. The van der Waals surface area contributed by atoms with E-state index in [1.165, 1.54) is 32.1 Å². The molecule has 25 heavy (non-hydrogen) atoms. The molecule has 3 atom stereocenters. The second-order valence-corrected chi connectivity index (χ2v) is 8.80. The van der Waals surface area contributed by atoms with Gasteiger partial charge in [-0.25, -0.2) is 0 Å². The van der Waals surface area contributed by atoms with Crippen LogP contribution in [-0.2, 0) is 0 Å². The molecule has 1 nitrogen and oxygen atoms in total. The maximum atomic E-state index is 4.06. The molecule has 0 aromatic carbocycles. The molecule has 0 bridgehead atoms. The first-order valence-corrected chi connectivity index (χ1v) is 10.3. The Bertz CT molecular complexity index is 416. The SMILES string of the molecule is C=CC(C)(C)[C@H](C)C(C)(C=CCCCC(/C=C/NC)CCC)C(C)C. The van der Waals surface area contributed by atoms with Crippen LogP contribution in [0.1, 0.15) is 80.6 Å². The first-order chi connectivity index (χ1) is 11.7. The highest BCUT2D eigenvalue weighted by molar-refractivity contribution is 5.08. The standard InChI is InChI=1S/C24H45N/c1-10-15-22(17-19-25-9)16-13-12-14-18-24(8,20(3)4)21(5)23(6,7)11-2/h11,14,17-22,25H,2,10,12-13,15-16H2,1,3-9H3/b18-14?,19-17+/t21-,22?,24?/m0/s1. The van der Waals surface area contributed by atoms with Crippen LogP contribution in [0.4, 0.5) is 0 Å².